The second-order valence-corrected chi connectivity index (χ2v) is 5.24. The number of hydrogen-bond acceptors (Lipinski definition) is 0. The monoisotopic (exact) mass is 258 g/mol. The van der Waals surface area contributed by atoms with Gasteiger partial charge in [0.1, 0.15) is 0 Å². The number of unbranched alkanes of at least 4 members (excludes halogenated alkanes) is 13. The zero-order valence-corrected chi connectivity index (χ0v) is 13.1. The van der Waals surface area contributed by atoms with E-state index in [2.05, 4.69) is 13.8 Å². The van der Waals surface area contributed by atoms with Crippen LogP contribution in [0.3, 0.4) is 0 Å². The Morgan fingerprint density at radius 1 is 0.353 bits per heavy atom. The predicted octanol–water partition coefficient (Wildman–Crippen LogP) is 7.14. The smallest absolute Gasteiger partial charge is 0 e. The lowest BCUT2D eigenvalue weighted by Crippen LogP contribution is -1.82. The third-order valence-electron chi connectivity index (χ3n) is 3.46. The molecule has 0 spiro atoms. The predicted molar refractivity (Wildman–Crippen MR) is 83.6 cm³/mol. The van der Waals surface area contributed by atoms with Crippen molar-refractivity contribution in [1.82, 2.24) is 0 Å². The van der Waals surface area contributed by atoms with Gasteiger partial charge in [0.15, 0.2) is 0 Å². The molecule has 0 aliphatic rings. The molecule has 0 aliphatic heterocycles. The summed E-state index contributed by atoms with van der Waals surface area (Å²) in [5.41, 5.74) is 0. The van der Waals surface area contributed by atoms with Crippen LogP contribution in [0.25, 0.3) is 0 Å². The maximum Gasteiger partial charge on any atom is 0 e. The first kappa shape index (κ1) is 19.7. The topological polar surface area (TPSA) is 0 Å². The van der Waals surface area contributed by atoms with Crippen LogP contribution in [0.15, 0.2) is 0 Å². The molecule has 104 valence electrons. The molecule has 0 aromatic heterocycles. The molecule has 0 bridgehead atoms. The van der Waals surface area contributed by atoms with Crippen LogP contribution in [0.5, 0.6) is 0 Å². The highest BCUT2D eigenvalue weighted by Crippen LogP contribution is 2.12. The minimum absolute atomic E-state index is 0. The van der Waals surface area contributed by atoms with Gasteiger partial charge in [-0.25, -0.2) is 0 Å². The Morgan fingerprint density at radius 3 is 0.706 bits per heavy atom. The second kappa shape index (κ2) is 18.7. The van der Waals surface area contributed by atoms with E-state index in [-0.39, 0.29) is 13.5 Å². The van der Waals surface area contributed by atoms with Crippen molar-refractivity contribution >= 4 is 13.5 Å². The molecule has 0 fully saturated rings. The summed E-state index contributed by atoms with van der Waals surface area (Å²) in [5, 5.41) is 0. The Hall–Kier alpha value is 0.350. The maximum absolute atomic E-state index is 2.29. The summed E-state index contributed by atoms with van der Waals surface area (Å²) in [5.74, 6) is 0. The van der Waals surface area contributed by atoms with Crippen LogP contribution < -0.4 is 0 Å². The van der Waals surface area contributed by atoms with Gasteiger partial charge in [-0.05, 0) is 0 Å². The van der Waals surface area contributed by atoms with Crippen LogP contribution >= 0.6 is 13.5 Å². The van der Waals surface area contributed by atoms with Gasteiger partial charge in [-0.15, -0.1) is 0 Å². The van der Waals surface area contributed by atoms with Gasteiger partial charge >= 0.3 is 0 Å². The molecule has 0 amide bonds. The van der Waals surface area contributed by atoms with Crippen molar-refractivity contribution in [3.63, 3.8) is 0 Å². The van der Waals surface area contributed by atoms with E-state index in [1.165, 1.54) is 89.9 Å². The van der Waals surface area contributed by atoms with Crippen molar-refractivity contribution in [2.45, 2.75) is 104 Å². The minimum Gasteiger partial charge on any atom is -0.0654 e. The average molecular weight is 259 g/mol. The normalized spacial score (nSPS) is 10.2. The van der Waals surface area contributed by atoms with Crippen molar-refractivity contribution in [1.29, 1.82) is 0 Å². The second-order valence-electron chi connectivity index (χ2n) is 5.24. The average Bonchev–Trinajstić information content (AvgIpc) is 2.31. The molecular formula is C16H34S. The molecule has 2 radical (unpaired) electrons. The van der Waals surface area contributed by atoms with E-state index in [0.717, 1.165) is 0 Å². The molecule has 0 aromatic rings. The van der Waals surface area contributed by atoms with Gasteiger partial charge in [0.05, 0.1) is 0 Å². The van der Waals surface area contributed by atoms with E-state index >= 15 is 0 Å². The number of rotatable bonds is 13. The summed E-state index contributed by atoms with van der Waals surface area (Å²) in [4.78, 5) is 0. The molecule has 1 heteroatoms. The fraction of sp³-hybridized carbons (Fsp3) is 1.00. The molecule has 0 N–H and O–H groups in total. The Balaban J connectivity index is 0. The van der Waals surface area contributed by atoms with Crippen LogP contribution in [0.4, 0.5) is 0 Å². The summed E-state index contributed by atoms with van der Waals surface area (Å²) < 4.78 is 0. The largest absolute Gasteiger partial charge is 0.0654 e. The highest BCUT2D eigenvalue weighted by atomic mass is 32.1. The molecule has 0 unspecified atom stereocenters. The molecule has 17 heavy (non-hydrogen) atoms. The summed E-state index contributed by atoms with van der Waals surface area (Å²) in [7, 11) is 0. The fourth-order valence-corrected chi connectivity index (χ4v) is 2.27. The zero-order chi connectivity index (χ0) is 11.9. The Kier molecular flexibility index (Phi) is 21.7. The van der Waals surface area contributed by atoms with Crippen molar-refractivity contribution in [2.75, 3.05) is 0 Å². The summed E-state index contributed by atoms with van der Waals surface area (Å²) in [6.07, 6.45) is 20.4. The summed E-state index contributed by atoms with van der Waals surface area (Å²) >= 11 is 0. The van der Waals surface area contributed by atoms with Crippen LogP contribution in [0.2, 0.25) is 0 Å². The van der Waals surface area contributed by atoms with Crippen LogP contribution in [0.1, 0.15) is 104 Å². The van der Waals surface area contributed by atoms with Crippen LogP contribution in [-0.4, -0.2) is 0 Å². The molecule has 0 aromatic carbocycles. The first-order chi connectivity index (χ1) is 7.91. The van der Waals surface area contributed by atoms with Crippen molar-refractivity contribution in [2.24, 2.45) is 0 Å². The first-order valence-corrected chi connectivity index (χ1v) is 7.91. The lowest BCUT2D eigenvalue weighted by Gasteiger charge is -2.02. The number of hydrogen-bond donors (Lipinski definition) is 0. The van der Waals surface area contributed by atoms with Gasteiger partial charge in [0, 0.05) is 13.5 Å². The van der Waals surface area contributed by atoms with E-state index in [1.807, 2.05) is 0 Å². The molecular weight excluding hydrogens is 224 g/mol. The molecule has 0 atom stereocenters. The van der Waals surface area contributed by atoms with Gasteiger partial charge in [0.2, 0.25) is 0 Å². The Bertz CT molecular complexity index is 98.1. The van der Waals surface area contributed by atoms with Crippen molar-refractivity contribution < 1.29 is 0 Å². The highest BCUT2D eigenvalue weighted by molar-refractivity contribution is 7.59. The zero-order valence-electron chi connectivity index (χ0n) is 12.3. The van der Waals surface area contributed by atoms with Gasteiger partial charge in [-0.2, -0.15) is 0 Å². The first-order valence-electron chi connectivity index (χ1n) is 7.91. The van der Waals surface area contributed by atoms with Crippen LogP contribution in [-0.2, 0) is 0 Å². The minimum atomic E-state index is 0. The third-order valence-corrected chi connectivity index (χ3v) is 3.46. The van der Waals surface area contributed by atoms with Gasteiger partial charge in [-0.3, -0.25) is 0 Å². The summed E-state index contributed by atoms with van der Waals surface area (Å²) in [6, 6.07) is 0. The molecule has 0 nitrogen and oxygen atoms in total. The van der Waals surface area contributed by atoms with E-state index < -0.39 is 0 Å². The molecule has 0 aliphatic carbocycles. The molecule has 0 rings (SSSR count). The van der Waals surface area contributed by atoms with E-state index in [9.17, 15) is 0 Å². The van der Waals surface area contributed by atoms with Crippen LogP contribution in [0, 0.1) is 0 Å². The standard InChI is InChI=1S/C16H34.S/c1-3-5-7-9-11-13-15-16-14-12-10-8-6-4-2;/h3-16H2,1-2H3;. The van der Waals surface area contributed by atoms with Gasteiger partial charge in [-0.1, -0.05) is 104 Å². The maximum atomic E-state index is 2.29. The van der Waals surface area contributed by atoms with Crippen molar-refractivity contribution in [3.05, 3.63) is 0 Å². The molecule has 0 heterocycles. The Labute approximate surface area is 117 Å². The molecule has 0 saturated carbocycles. The van der Waals surface area contributed by atoms with E-state index in [4.69, 9.17) is 0 Å². The van der Waals surface area contributed by atoms with E-state index in [0.29, 0.717) is 0 Å². The fourth-order valence-electron chi connectivity index (χ4n) is 2.27. The lowest BCUT2D eigenvalue weighted by molar-refractivity contribution is 0.538. The Morgan fingerprint density at radius 2 is 0.529 bits per heavy atom. The molecule has 0 saturated heterocycles. The summed E-state index contributed by atoms with van der Waals surface area (Å²) in [6.45, 7) is 4.58. The van der Waals surface area contributed by atoms with Gasteiger partial charge in [0.25, 0.3) is 0 Å². The van der Waals surface area contributed by atoms with E-state index in [1.54, 1.807) is 0 Å². The van der Waals surface area contributed by atoms with Crippen molar-refractivity contribution in [3.8, 4) is 0 Å². The highest BCUT2D eigenvalue weighted by Gasteiger charge is 1.92. The lowest BCUT2D eigenvalue weighted by atomic mass is 10.0. The quantitative estimate of drug-likeness (QED) is 0.308. The third kappa shape index (κ3) is 18.9. The SMILES string of the molecule is CCCCCCCCCCCCCCCC.[S]. The van der Waals surface area contributed by atoms with Gasteiger partial charge < -0.3 is 0 Å².